The molecule has 1 N–H and O–H groups in total. The lowest BCUT2D eigenvalue weighted by Gasteiger charge is -2.11. The van der Waals surface area contributed by atoms with Gasteiger partial charge >= 0.3 is 0 Å². The van der Waals surface area contributed by atoms with Gasteiger partial charge in [0, 0.05) is 18.5 Å². The topological polar surface area (TPSA) is 46.2 Å². The van der Waals surface area contributed by atoms with Gasteiger partial charge < -0.3 is 5.32 Å². The monoisotopic (exact) mass is 271 g/mol. The van der Waals surface area contributed by atoms with E-state index in [0.29, 0.717) is 10.8 Å². The molecule has 2 rings (SSSR count). The van der Waals surface area contributed by atoms with Gasteiger partial charge in [0.1, 0.15) is 0 Å². The molecule has 3 nitrogen and oxygen atoms in total. The van der Waals surface area contributed by atoms with Crippen molar-refractivity contribution in [2.75, 3.05) is 29.6 Å². The lowest BCUT2D eigenvalue weighted by atomic mass is 10.1. The lowest BCUT2D eigenvalue weighted by molar-refractivity contribution is 0.602. The molecule has 94 valence electrons. The molecule has 1 aliphatic rings. The summed E-state index contributed by atoms with van der Waals surface area (Å²) in [4.78, 5) is 0.378. The zero-order chi connectivity index (χ0) is 12.3. The Morgan fingerprint density at radius 2 is 2.29 bits per heavy atom. The lowest BCUT2D eigenvalue weighted by Crippen LogP contribution is -2.13. The molecule has 1 fully saturated rings. The number of benzene rings is 1. The van der Waals surface area contributed by atoms with Crippen molar-refractivity contribution in [3.8, 4) is 0 Å². The predicted octanol–water partition coefficient (Wildman–Crippen LogP) is 2.26. The van der Waals surface area contributed by atoms with Crippen molar-refractivity contribution in [1.29, 1.82) is 0 Å². The molecule has 1 saturated heterocycles. The number of hydrogen-bond acceptors (Lipinski definition) is 4. The van der Waals surface area contributed by atoms with E-state index in [1.54, 1.807) is 18.2 Å². The van der Waals surface area contributed by atoms with E-state index in [1.807, 2.05) is 17.8 Å². The molecular weight excluding hydrogens is 254 g/mol. The average Bonchev–Trinajstić information content (AvgIpc) is 2.78. The largest absolute Gasteiger partial charge is 0.385 e. The Bertz CT molecular complexity index is 479. The third-order valence-electron chi connectivity index (χ3n) is 2.88. The maximum atomic E-state index is 11.4. The van der Waals surface area contributed by atoms with Crippen LogP contribution in [0.4, 0.5) is 5.69 Å². The number of thioether (sulfide) groups is 1. The zero-order valence-corrected chi connectivity index (χ0v) is 11.5. The third-order valence-corrected chi connectivity index (χ3v) is 5.22. The van der Waals surface area contributed by atoms with Crippen LogP contribution in [0.3, 0.4) is 0 Å². The number of sulfone groups is 1. The van der Waals surface area contributed by atoms with Gasteiger partial charge in [0.25, 0.3) is 0 Å². The van der Waals surface area contributed by atoms with Gasteiger partial charge in [0.2, 0.25) is 0 Å². The summed E-state index contributed by atoms with van der Waals surface area (Å²) in [6, 6.07) is 7.03. The first kappa shape index (κ1) is 12.8. The molecule has 0 bridgehead atoms. The Labute approximate surface area is 107 Å². The van der Waals surface area contributed by atoms with Gasteiger partial charge in [-0.05, 0) is 42.0 Å². The molecule has 0 aliphatic carbocycles. The molecular formula is C12H17NO2S2. The van der Waals surface area contributed by atoms with Crippen LogP contribution in [0.25, 0.3) is 0 Å². The molecule has 0 aromatic heterocycles. The molecule has 1 unspecified atom stereocenters. The first-order valence-corrected chi connectivity index (χ1v) is 8.72. The third kappa shape index (κ3) is 3.64. The first-order valence-electron chi connectivity index (χ1n) is 5.67. The molecule has 0 amide bonds. The molecule has 1 aromatic carbocycles. The van der Waals surface area contributed by atoms with E-state index in [4.69, 9.17) is 0 Å². The molecule has 1 aliphatic heterocycles. The van der Waals surface area contributed by atoms with Crippen LogP contribution in [0.2, 0.25) is 0 Å². The van der Waals surface area contributed by atoms with Crippen molar-refractivity contribution < 1.29 is 8.42 Å². The van der Waals surface area contributed by atoms with E-state index < -0.39 is 9.84 Å². The van der Waals surface area contributed by atoms with Crippen molar-refractivity contribution in [2.45, 2.75) is 11.3 Å². The van der Waals surface area contributed by atoms with Gasteiger partial charge in [-0.3, -0.25) is 0 Å². The second kappa shape index (κ2) is 5.31. The van der Waals surface area contributed by atoms with Crippen LogP contribution >= 0.6 is 11.8 Å². The van der Waals surface area contributed by atoms with E-state index >= 15 is 0 Å². The minimum Gasteiger partial charge on any atom is -0.385 e. The van der Waals surface area contributed by atoms with Crippen molar-refractivity contribution in [1.82, 2.24) is 0 Å². The smallest absolute Gasteiger partial charge is 0.175 e. The fourth-order valence-corrected chi connectivity index (χ4v) is 3.79. The highest BCUT2D eigenvalue weighted by atomic mass is 32.2. The Morgan fingerprint density at radius 3 is 2.94 bits per heavy atom. The van der Waals surface area contributed by atoms with E-state index in [2.05, 4.69) is 5.32 Å². The maximum Gasteiger partial charge on any atom is 0.175 e. The standard InChI is InChI=1S/C12H17NO2S2/c1-17(14,15)12-4-2-3-11(7-12)13-8-10-5-6-16-9-10/h2-4,7,10,13H,5-6,8-9H2,1H3. The normalized spacial score (nSPS) is 20.4. The van der Waals surface area contributed by atoms with Gasteiger partial charge in [-0.25, -0.2) is 8.42 Å². The second-order valence-electron chi connectivity index (χ2n) is 4.41. The highest BCUT2D eigenvalue weighted by Crippen LogP contribution is 2.24. The van der Waals surface area contributed by atoms with Crippen molar-refractivity contribution in [2.24, 2.45) is 5.92 Å². The van der Waals surface area contributed by atoms with Gasteiger partial charge in [-0.15, -0.1) is 0 Å². The Kier molecular flexibility index (Phi) is 3.99. The summed E-state index contributed by atoms with van der Waals surface area (Å²) in [5.74, 6) is 3.16. The van der Waals surface area contributed by atoms with E-state index in [-0.39, 0.29) is 0 Å². The van der Waals surface area contributed by atoms with Gasteiger partial charge in [-0.2, -0.15) is 11.8 Å². The van der Waals surface area contributed by atoms with Crippen molar-refractivity contribution in [3.63, 3.8) is 0 Å². The average molecular weight is 271 g/mol. The van der Waals surface area contributed by atoms with E-state index in [9.17, 15) is 8.42 Å². The summed E-state index contributed by atoms with van der Waals surface area (Å²) < 4.78 is 22.8. The van der Waals surface area contributed by atoms with Crippen molar-refractivity contribution in [3.05, 3.63) is 24.3 Å². The Hall–Kier alpha value is -0.680. The minimum absolute atomic E-state index is 0.378. The summed E-state index contributed by atoms with van der Waals surface area (Å²) in [5, 5.41) is 3.32. The maximum absolute atomic E-state index is 11.4. The summed E-state index contributed by atoms with van der Waals surface area (Å²) in [6.45, 7) is 0.931. The number of anilines is 1. The zero-order valence-electron chi connectivity index (χ0n) is 9.85. The van der Waals surface area contributed by atoms with Crippen LogP contribution in [-0.2, 0) is 9.84 Å². The number of rotatable bonds is 4. The molecule has 5 heteroatoms. The van der Waals surface area contributed by atoms with Crippen LogP contribution in [0, 0.1) is 5.92 Å². The van der Waals surface area contributed by atoms with Crippen LogP contribution in [-0.4, -0.2) is 32.7 Å². The predicted molar refractivity (Wildman–Crippen MR) is 73.5 cm³/mol. The number of hydrogen-bond donors (Lipinski definition) is 1. The summed E-state index contributed by atoms with van der Waals surface area (Å²) in [5.41, 5.74) is 0.893. The fourth-order valence-electron chi connectivity index (χ4n) is 1.84. The fraction of sp³-hybridized carbons (Fsp3) is 0.500. The highest BCUT2D eigenvalue weighted by Gasteiger charge is 2.15. The molecule has 17 heavy (non-hydrogen) atoms. The quantitative estimate of drug-likeness (QED) is 0.912. The van der Waals surface area contributed by atoms with Crippen LogP contribution in [0.15, 0.2) is 29.2 Å². The van der Waals surface area contributed by atoms with Gasteiger partial charge in [0.05, 0.1) is 4.90 Å². The number of nitrogens with one attached hydrogen (secondary N) is 1. The SMILES string of the molecule is CS(=O)(=O)c1cccc(NCC2CCSC2)c1. The van der Waals surface area contributed by atoms with Gasteiger partial charge in [-0.1, -0.05) is 6.07 Å². The summed E-state index contributed by atoms with van der Waals surface area (Å²) in [6.07, 6.45) is 2.49. The second-order valence-corrected chi connectivity index (χ2v) is 7.58. The van der Waals surface area contributed by atoms with Crippen LogP contribution in [0.1, 0.15) is 6.42 Å². The molecule has 1 heterocycles. The Morgan fingerprint density at radius 1 is 1.47 bits per heavy atom. The van der Waals surface area contributed by atoms with Gasteiger partial charge in [0.15, 0.2) is 9.84 Å². The van der Waals surface area contributed by atoms with E-state index in [0.717, 1.165) is 12.2 Å². The first-order chi connectivity index (χ1) is 8.05. The summed E-state index contributed by atoms with van der Waals surface area (Å²) >= 11 is 1.99. The molecule has 0 spiro atoms. The van der Waals surface area contributed by atoms with Crippen LogP contribution in [0.5, 0.6) is 0 Å². The molecule has 0 radical (unpaired) electrons. The highest BCUT2D eigenvalue weighted by molar-refractivity contribution is 7.99. The minimum atomic E-state index is -3.11. The molecule has 0 saturated carbocycles. The van der Waals surface area contributed by atoms with Crippen LogP contribution < -0.4 is 5.32 Å². The van der Waals surface area contributed by atoms with Crippen molar-refractivity contribution >= 4 is 27.3 Å². The molecule has 1 aromatic rings. The summed E-state index contributed by atoms with van der Waals surface area (Å²) in [7, 11) is -3.11. The Balaban J connectivity index is 2.01. The molecule has 1 atom stereocenters. The van der Waals surface area contributed by atoms with E-state index in [1.165, 1.54) is 24.2 Å².